The number of aromatic nitrogens is 2. The van der Waals surface area contributed by atoms with Crippen molar-refractivity contribution in [2.75, 3.05) is 11.8 Å². The number of anilines is 1. The minimum Gasteiger partial charge on any atom is -0.479 e. The highest BCUT2D eigenvalue weighted by Gasteiger charge is 2.22. The Hall–Kier alpha value is -2.68. The molecule has 0 aliphatic carbocycles. The molecule has 0 fully saturated rings. The predicted molar refractivity (Wildman–Crippen MR) is 81.5 cm³/mol. The number of sulfonamides is 1. The molecule has 1 aromatic carbocycles. The number of hydrogen-bond donors (Lipinski definition) is 3. The number of nitrogens with two attached hydrogens (primary N) is 1. The number of amidine groups is 1. The molecule has 0 radical (unpaired) electrons. The molecule has 0 spiro atoms. The second-order valence-corrected chi connectivity index (χ2v) is 5.97. The molecule has 0 atom stereocenters. The van der Waals surface area contributed by atoms with Crippen molar-refractivity contribution in [3.63, 3.8) is 0 Å². The van der Waals surface area contributed by atoms with Gasteiger partial charge >= 0.3 is 0 Å². The molecule has 0 saturated heterocycles. The smallest absolute Gasteiger partial charge is 0.284 e. The summed E-state index contributed by atoms with van der Waals surface area (Å²) in [5.74, 6) is -0.0409. The van der Waals surface area contributed by atoms with E-state index in [4.69, 9.17) is 15.9 Å². The maximum Gasteiger partial charge on any atom is 0.284 e. The van der Waals surface area contributed by atoms with Gasteiger partial charge in [0, 0.05) is 24.5 Å². The Morgan fingerprint density at radius 2 is 1.91 bits per heavy atom. The lowest BCUT2D eigenvalue weighted by Crippen LogP contribution is -2.16. The molecule has 0 aliphatic rings. The quantitative estimate of drug-likeness (QED) is 0.532. The number of nitrogens with zero attached hydrogens (tertiary/aromatic N) is 2. The standard InChI is InChI=1S/C13H15N5O3S/c1-21-12-13(17-7-6-16-12)22(19,20)18-10-4-2-9(3-5-10)8-11(14)15/h2-7,18H,8H2,1H3,(H3,14,15). The Bertz CT molecular complexity index is 775. The zero-order valence-electron chi connectivity index (χ0n) is 11.8. The van der Waals surface area contributed by atoms with E-state index >= 15 is 0 Å². The molecule has 1 heterocycles. The van der Waals surface area contributed by atoms with Crippen molar-refractivity contribution < 1.29 is 13.2 Å². The Balaban J connectivity index is 2.23. The van der Waals surface area contributed by atoms with E-state index in [0.717, 1.165) is 5.56 Å². The SMILES string of the molecule is COc1nccnc1S(=O)(=O)Nc1ccc(CC(=N)N)cc1. The normalized spacial score (nSPS) is 11.0. The van der Waals surface area contributed by atoms with Gasteiger partial charge in [0.05, 0.1) is 12.9 Å². The Morgan fingerprint density at radius 3 is 2.50 bits per heavy atom. The summed E-state index contributed by atoms with van der Waals surface area (Å²) in [4.78, 5) is 7.60. The van der Waals surface area contributed by atoms with Gasteiger partial charge in [0.1, 0.15) is 0 Å². The minimum absolute atomic E-state index is 0.0395. The fourth-order valence-corrected chi connectivity index (χ4v) is 2.86. The first-order valence-electron chi connectivity index (χ1n) is 6.22. The predicted octanol–water partition coefficient (Wildman–Crippen LogP) is 0.764. The largest absolute Gasteiger partial charge is 0.479 e. The maximum atomic E-state index is 12.3. The second kappa shape index (κ2) is 6.39. The van der Waals surface area contributed by atoms with Gasteiger partial charge in [0.25, 0.3) is 15.9 Å². The summed E-state index contributed by atoms with van der Waals surface area (Å²) in [7, 11) is -2.59. The van der Waals surface area contributed by atoms with Gasteiger partial charge in [-0.3, -0.25) is 10.1 Å². The summed E-state index contributed by atoms with van der Waals surface area (Å²) in [5.41, 5.74) is 6.49. The highest BCUT2D eigenvalue weighted by atomic mass is 32.2. The zero-order chi connectivity index (χ0) is 16.2. The Kier molecular flexibility index (Phi) is 4.56. The van der Waals surface area contributed by atoms with Crippen LogP contribution in [0.3, 0.4) is 0 Å². The third kappa shape index (κ3) is 3.70. The van der Waals surface area contributed by atoms with Gasteiger partial charge in [-0.2, -0.15) is 8.42 Å². The summed E-state index contributed by atoms with van der Waals surface area (Å²) >= 11 is 0. The van der Waals surface area contributed by atoms with Crippen LogP contribution < -0.4 is 15.2 Å². The molecule has 2 aromatic rings. The average molecular weight is 321 g/mol. The molecule has 1 aromatic heterocycles. The molecular formula is C13H15N5O3S. The van der Waals surface area contributed by atoms with Crippen LogP contribution in [0.2, 0.25) is 0 Å². The van der Waals surface area contributed by atoms with Gasteiger partial charge in [-0.1, -0.05) is 12.1 Å². The molecule has 0 bridgehead atoms. The van der Waals surface area contributed by atoms with Crippen molar-refractivity contribution in [2.45, 2.75) is 11.4 Å². The molecule has 9 heteroatoms. The van der Waals surface area contributed by atoms with Crippen molar-refractivity contribution in [3.8, 4) is 5.88 Å². The lowest BCUT2D eigenvalue weighted by Gasteiger charge is -2.10. The van der Waals surface area contributed by atoms with Crippen molar-refractivity contribution in [3.05, 3.63) is 42.2 Å². The van der Waals surface area contributed by atoms with Crippen LogP contribution in [0.15, 0.2) is 41.7 Å². The fourth-order valence-electron chi connectivity index (χ4n) is 1.75. The van der Waals surface area contributed by atoms with Crippen molar-refractivity contribution in [1.82, 2.24) is 9.97 Å². The van der Waals surface area contributed by atoms with Crippen LogP contribution in [-0.4, -0.2) is 31.3 Å². The molecule has 8 nitrogen and oxygen atoms in total. The molecule has 4 N–H and O–H groups in total. The minimum atomic E-state index is -3.91. The van der Waals surface area contributed by atoms with Crippen molar-refractivity contribution in [2.24, 2.45) is 5.73 Å². The number of hydrogen-bond acceptors (Lipinski definition) is 6. The van der Waals surface area contributed by atoms with Crippen LogP contribution in [-0.2, 0) is 16.4 Å². The van der Waals surface area contributed by atoms with E-state index in [1.54, 1.807) is 24.3 Å². The topological polar surface area (TPSA) is 131 Å². The van der Waals surface area contributed by atoms with E-state index in [1.165, 1.54) is 19.5 Å². The highest BCUT2D eigenvalue weighted by Crippen LogP contribution is 2.21. The van der Waals surface area contributed by atoms with Gasteiger partial charge in [-0.05, 0) is 17.7 Å². The molecule has 0 aliphatic heterocycles. The van der Waals surface area contributed by atoms with Crippen LogP contribution in [0.5, 0.6) is 5.88 Å². The lowest BCUT2D eigenvalue weighted by atomic mass is 10.1. The Labute approximate surface area is 127 Å². The first-order chi connectivity index (χ1) is 10.4. The van der Waals surface area contributed by atoms with Crippen LogP contribution >= 0.6 is 0 Å². The van der Waals surface area contributed by atoms with Gasteiger partial charge < -0.3 is 10.5 Å². The third-order valence-electron chi connectivity index (χ3n) is 2.68. The summed E-state index contributed by atoms with van der Waals surface area (Å²) in [6.45, 7) is 0. The number of methoxy groups -OCH3 is 1. The molecule has 0 unspecified atom stereocenters. The Morgan fingerprint density at radius 1 is 1.27 bits per heavy atom. The summed E-state index contributed by atoms with van der Waals surface area (Å²) in [6.07, 6.45) is 2.92. The first-order valence-corrected chi connectivity index (χ1v) is 7.70. The van der Waals surface area contributed by atoms with Gasteiger partial charge in [0.15, 0.2) is 0 Å². The molecule has 22 heavy (non-hydrogen) atoms. The summed E-state index contributed by atoms with van der Waals surface area (Å²) in [5, 5.41) is 6.94. The van der Waals surface area contributed by atoms with Crippen LogP contribution in [0.1, 0.15) is 5.56 Å². The third-order valence-corrected chi connectivity index (χ3v) is 3.98. The summed E-state index contributed by atoms with van der Waals surface area (Å²) < 4.78 is 31.9. The monoisotopic (exact) mass is 321 g/mol. The molecule has 0 saturated carbocycles. The maximum absolute atomic E-state index is 12.3. The van der Waals surface area contributed by atoms with Gasteiger partial charge in [-0.15, -0.1) is 0 Å². The van der Waals surface area contributed by atoms with Gasteiger partial charge in [0.2, 0.25) is 5.03 Å². The molecule has 116 valence electrons. The first kappa shape index (κ1) is 15.7. The summed E-state index contributed by atoms with van der Waals surface area (Å²) in [6, 6.07) is 6.54. The van der Waals surface area contributed by atoms with E-state index in [0.29, 0.717) is 12.1 Å². The second-order valence-electron chi connectivity index (χ2n) is 4.38. The van der Waals surface area contributed by atoms with Crippen LogP contribution in [0.4, 0.5) is 5.69 Å². The van der Waals surface area contributed by atoms with Crippen molar-refractivity contribution >= 4 is 21.5 Å². The number of nitrogens with one attached hydrogen (secondary N) is 2. The van der Waals surface area contributed by atoms with Crippen molar-refractivity contribution in [1.29, 1.82) is 5.41 Å². The number of ether oxygens (including phenoxy) is 1. The van der Waals surface area contributed by atoms with Gasteiger partial charge in [-0.25, -0.2) is 9.97 Å². The highest BCUT2D eigenvalue weighted by molar-refractivity contribution is 7.92. The number of benzene rings is 1. The van der Waals surface area contributed by atoms with Crippen LogP contribution in [0.25, 0.3) is 0 Å². The van der Waals surface area contributed by atoms with E-state index in [1.807, 2.05) is 0 Å². The molecule has 0 amide bonds. The van der Waals surface area contributed by atoms with E-state index < -0.39 is 10.0 Å². The average Bonchev–Trinajstić information content (AvgIpc) is 2.48. The number of rotatable bonds is 6. The van der Waals surface area contributed by atoms with E-state index in [9.17, 15) is 8.42 Å². The van der Waals surface area contributed by atoms with E-state index in [2.05, 4.69) is 14.7 Å². The van der Waals surface area contributed by atoms with E-state index in [-0.39, 0.29) is 16.7 Å². The van der Waals surface area contributed by atoms with Crippen LogP contribution in [0, 0.1) is 5.41 Å². The molecular weight excluding hydrogens is 306 g/mol. The lowest BCUT2D eigenvalue weighted by molar-refractivity contribution is 0.380. The fraction of sp³-hybridized carbons (Fsp3) is 0.154. The molecule has 2 rings (SSSR count). The zero-order valence-corrected chi connectivity index (χ0v) is 12.6.